The molecule has 1 N–H and O–H groups in total. The molecule has 1 aliphatic heterocycles. The van der Waals surface area contributed by atoms with Crippen molar-refractivity contribution in [3.05, 3.63) is 46.6 Å². The summed E-state index contributed by atoms with van der Waals surface area (Å²) in [5, 5.41) is 5.25. The maximum Gasteiger partial charge on any atom is 0.247 e. The number of carbonyl (C=O) groups excluding carboxylic acids is 1. The Bertz CT molecular complexity index is 870. The Morgan fingerprint density at radius 3 is 3.09 bits per heavy atom. The summed E-state index contributed by atoms with van der Waals surface area (Å²) in [5.41, 5.74) is 3.55. The number of rotatable bonds is 2. The lowest BCUT2D eigenvalue weighted by molar-refractivity contribution is -0.135. The first-order valence-corrected chi connectivity index (χ1v) is 8.35. The largest absolute Gasteiger partial charge is 0.357 e. The Morgan fingerprint density at radius 1 is 1.43 bits per heavy atom. The van der Waals surface area contributed by atoms with Gasteiger partial charge in [-0.2, -0.15) is 5.10 Å². The molecule has 7 heteroatoms. The number of para-hydroxylation sites is 1. The third kappa shape index (κ3) is 2.35. The molecular weight excluding hydrogens is 358 g/mol. The second-order valence-corrected chi connectivity index (χ2v) is 6.66. The van der Waals surface area contributed by atoms with E-state index in [1.165, 1.54) is 23.0 Å². The van der Waals surface area contributed by atoms with Gasteiger partial charge in [0.15, 0.2) is 0 Å². The van der Waals surface area contributed by atoms with Crippen molar-refractivity contribution in [2.75, 3.05) is 6.54 Å². The normalized spacial score (nSPS) is 15.7. The van der Waals surface area contributed by atoms with Gasteiger partial charge in [0, 0.05) is 40.6 Å². The minimum atomic E-state index is -0.337. The average molecular weight is 374 g/mol. The Hall–Kier alpha value is -2.15. The van der Waals surface area contributed by atoms with Crippen LogP contribution >= 0.6 is 15.9 Å². The quantitative estimate of drug-likeness (QED) is 0.750. The molecule has 0 spiro atoms. The molecule has 0 bridgehead atoms. The fourth-order valence-corrected chi connectivity index (χ4v) is 3.65. The number of amides is 1. The van der Waals surface area contributed by atoms with Crippen molar-refractivity contribution in [3.63, 3.8) is 0 Å². The van der Waals surface area contributed by atoms with Crippen LogP contribution in [0, 0.1) is 0 Å². The number of hydrogen-bond donors (Lipinski definition) is 1. The molecule has 0 fully saturated rings. The molecule has 118 valence electrons. The lowest BCUT2D eigenvalue weighted by Gasteiger charge is -2.29. The van der Waals surface area contributed by atoms with Gasteiger partial charge in [0.1, 0.15) is 18.7 Å². The first kappa shape index (κ1) is 14.4. The number of H-pyrrole nitrogens is 1. The maximum absolute atomic E-state index is 12.7. The van der Waals surface area contributed by atoms with Gasteiger partial charge in [-0.15, -0.1) is 0 Å². The van der Waals surface area contributed by atoms with Crippen molar-refractivity contribution < 1.29 is 4.79 Å². The number of nitrogens with zero attached hydrogens (tertiary/aromatic N) is 4. The van der Waals surface area contributed by atoms with Crippen molar-refractivity contribution in [2.45, 2.75) is 25.9 Å². The summed E-state index contributed by atoms with van der Waals surface area (Å²) < 4.78 is 2.65. The third-order valence-corrected chi connectivity index (χ3v) is 5.12. The number of carbonyl (C=O) groups is 1. The van der Waals surface area contributed by atoms with E-state index in [2.05, 4.69) is 37.1 Å². The number of benzene rings is 1. The van der Waals surface area contributed by atoms with Crippen LogP contribution in [0.15, 0.2) is 35.3 Å². The molecule has 4 rings (SSSR count). The van der Waals surface area contributed by atoms with E-state index in [1.54, 1.807) is 11.0 Å². The Balaban J connectivity index is 1.65. The molecule has 23 heavy (non-hydrogen) atoms. The predicted octanol–water partition coefficient (Wildman–Crippen LogP) is 2.67. The smallest absolute Gasteiger partial charge is 0.247 e. The number of nitrogens with one attached hydrogen (secondary N) is 1. The van der Waals surface area contributed by atoms with Gasteiger partial charge >= 0.3 is 0 Å². The Labute approximate surface area is 141 Å². The van der Waals surface area contributed by atoms with Crippen LogP contribution in [0.1, 0.15) is 24.2 Å². The van der Waals surface area contributed by atoms with Gasteiger partial charge in [-0.1, -0.05) is 12.1 Å². The van der Waals surface area contributed by atoms with Crippen molar-refractivity contribution >= 4 is 32.7 Å². The fraction of sp³-hybridized carbons (Fsp3) is 0.312. The van der Waals surface area contributed by atoms with E-state index in [9.17, 15) is 4.79 Å². The minimum absolute atomic E-state index is 0.0745. The van der Waals surface area contributed by atoms with Crippen molar-refractivity contribution in [2.24, 2.45) is 0 Å². The molecule has 1 aromatic carbocycles. The molecular formula is C16H16BrN5O. The summed E-state index contributed by atoms with van der Waals surface area (Å²) in [6.45, 7) is 3.21. The zero-order valence-electron chi connectivity index (χ0n) is 12.7. The number of fused-ring (bicyclic) bond motifs is 3. The molecule has 0 unspecified atom stereocenters. The van der Waals surface area contributed by atoms with E-state index in [1.807, 2.05) is 24.0 Å². The van der Waals surface area contributed by atoms with Gasteiger partial charge in [-0.05, 0) is 28.9 Å². The van der Waals surface area contributed by atoms with Gasteiger partial charge in [-0.25, -0.2) is 9.67 Å². The minimum Gasteiger partial charge on any atom is -0.357 e. The van der Waals surface area contributed by atoms with Gasteiger partial charge in [0.25, 0.3) is 0 Å². The van der Waals surface area contributed by atoms with Gasteiger partial charge in [0.05, 0.1) is 5.52 Å². The third-order valence-electron chi connectivity index (χ3n) is 4.46. The topological polar surface area (TPSA) is 66.8 Å². The van der Waals surface area contributed by atoms with Crippen molar-refractivity contribution in [1.29, 1.82) is 0 Å². The number of hydrogen-bond acceptors (Lipinski definition) is 3. The highest BCUT2D eigenvalue weighted by molar-refractivity contribution is 9.10. The van der Waals surface area contributed by atoms with Crippen LogP contribution in [0.4, 0.5) is 0 Å². The maximum atomic E-state index is 12.7. The lowest BCUT2D eigenvalue weighted by Crippen LogP contribution is -2.39. The first-order valence-electron chi connectivity index (χ1n) is 7.56. The molecule has 0 saturated heterocycles. The van der Waals surface area contributed by atoms with Crippen LogP contribution in [0.3, 0.4) is 0 Å². The highest BCUT2D eigenvalue weighted by Crippen LogP contribution is 2.32. The van der Waals surface area contributed by atoms with Crippen molar-refractivity contribution in [1.82, 2.24) is 24.6 Å². The van der Waals surface area contributed by atoms with E-state index >= 15 is 0 Å². The summed E-state index contributed by atoms with van der Waals surface area (Å²) in [6.07, 6.45) is 3.88. The average Bonchev–Trinajstić information content (AvgIpc) is 3.21. The lowest BCUT2D eigenvalue weighted by atomic mass is 10.0. The van der Waals surface area contributed by atoms with Crippen molar-refractivity contribution in [3.8, 4) is 0 Å². The molecule has 0 aliphatic carbocycles. The zero-order valence-corrected chi connectivity index (χ0v) is 14.2. The van der Waals surface area contributed by atoms with Crippen LogP contribution in [0.2, 0.25) is 0 Å². The number of aromatic nitrogens is 4. The highest BCUT2D eigenvalue weighted by atomic mass is 79.9. The molecule has 0 saturated carbocycles. The van der Waals surface area contributed by atoms with E-state index in [0.717, 1.165) is 23.0 Å². The number of aromatic amines is 1. The van der Waals surface area contributed by atoms with E-state index in [-0.39, 0.29) is 11.9 Å². The van der Waals surface area contributed by atoms with Gasteiger partial charge < -0.3 is 9.88 Å². The zero-order chi connectivity index (χ0) is 16.0. The monoisotopic (exact) mass is 373 g/mol. The summed E-state index contributed by atoms with van der Waals surface area (Å²) >= 11 is 3.59. The van der Waals surface area contributed by atoms with E-state index in [4.69, 9.17) is 0 Å². The predicted molar refractivity (Wildman–Crippen MR) is 89.9 cm³/mol. The summed E-state index contributed by atoms with van der Waals surface area (Å²) in [4.78, 5) is 22.1. The van der Waals surface area contributed by atoms with Gasteiger partial charge in [-0.3, -0.25) is 4.79 Å². The van der Waals surface area contributed by atoms with Crippen LogP contribution in [0.5, 0.6) is 0 Å². The fourth-order valence-electron chi connectivity index (χ4n) is 3.19. The molecule has 1 amide bonds. The molecule has 3 heterocycles. The Morgan fingerprint density at radius 2 is 2.30 bits per heavy atom. The SMILES string of the molecule is C[C@@H](C(=O)N1CCc2[nH]c3c(Br)cccc3c2C1)n1cncn1. The molecule has 1 aliphatic rings. The Kier molecular flexibility index (Phi) is 3.45. The first-order chi connectivity index (χ1) is 11.1. The molecule has 0 radical (unpaired) electrons. The molecule has 3 aromatic rings. The van der Waals surface area contributed by atoms with Crippen LogP contribution in [0.25, 0.3) is 10.9 Å². The summed E-state index contributed by atoms with van der Waals surface area (Å²) in [7, 11) is 0. The summed E-state index contributed by atoms with van der Waals surface area (Å²) in [6, 6.07) is 5.82. The standard InChI is InChI=1S/C16H16BrN5O/c1-10(22-9-18-8-19-22)16(23)21-6-5-14-12(7-21)11-3-2-4-13(17)15(11)20-14/h2-4,8-10,20H,5-7H2,1H3/t10-/m0/s1. The second-order valence-electron chi connectivity index (χ2n) is 5.81. The van der Waals surface area contributed by atoms with E-state index in [0.29, 0.717) is 6.54 Å². The second kappa shape index (κ2) is 5.49. The molecule has 1 atom stereocenters. The number of halogens is 1. The van der Waals surface area contributed by atoms with E-state index < -0.39 is 0 Å². The summed E-state index contributed by atoms with van der Waals surface area (Å²) in [5.74, 6) is 0.0745. The van der Waals surface area contributed by atoms with Crippen LogP contribution < -0.4 is 0 Å². The molecule has 6 nitrogen and oxygen atoms in total. The van der Waals surface area contributed by atoms with Gasteiger partial charge in [0.2, 0.25) is 5.91 Å². The van der Waals surface area contributed by atoms with Crippen LogP contribution in [-0.2, 0) is 17.8 Å². The van der Waals surface area contributed by atoms with Crippen LogP contribution in [-0.4, -0.2) is 37.1 Å². The molecule has 2 aromatic heterocycles. The highest BCUT2D eigenvalue weighted by Gasteiger charge is 2.28.